The van der Waals surface area contributed by atoms with Crippen molar-refractivity contribution in [3.8, 4) is 0 Å². The molecule has 0 aliphatic carbocycles. The van der Waals surface area contributed by atoms with Gasteiger partial charge in [-0.25, -0.2) is 14.5 Å². The second-order valence-electron chi connectivity index (χ2n) is 5.12. The molecule has 0 saturated heterocycles. The molecule has 8 nitrogen and oxygen atoms in total. The summed E-state index contributed by atoms with van der Waals surface area (Å²) in [6.45, 7) is 4.84. The van der Waals surface area contributed by atoms with Gasteiger partial charge in [0.25, 0.3) is 5.56 Å². The van der Waals surface area contributed by atoms with Crippen LogP contribution in [0.15, 0.2) is 22.1 Å². The van der Waals surface area contributed by atoms with Gasteiger partial charge in [0.1, 0.15) is 17.8 Å². The maximum absolute atomic E-state index is 12.0. The molecule has 0 bridgehead atoms. The second-order valence-corrected chi connectivity index (χ2v) is 5.12. The molecule has 0 saturated carbocycles. The van der Waals surface area contributed by atoms with Gasteiger partial charge in [0.05, 0.1) is 6.54 Å². The van der Waals surface area contributed by atoms with E-state index in [-0.39, 0.29) is 12.2 Å². The molecule has 0 spiro atoms. The Morgan fingerprint density at radius 1 is 1.35 bits per heavy atom. The Hall–Kier alpha value is -2.38. The highest BCUT2D eigenvalue weighted by Crippen LogP contribution is 2.02. The molecule has 0 atom stereocenters. The van der Waals surface area contributed by atoms with Crippen molar-refractivity contribution in [2.24, 2.45) is 13.0 Å². The fourth-order valence-electron chi connectivity index (χ4n) is 1.94. The van der Waals surface area contributed by atoms with Crippen molar-refractivity contribution in [2.75, 3.05) is 5.73 Å². The van der Waals surface area contributed by atoms with Crippen LogP contribution in [-0.4, -0.2) is 23.9 Å². The molecule has 8 heteroatoms. The number of rotatable bonds is 4. The van der Waals surface area contributed by atoms with Gasteiger partial charge in [-0.05, 0) is 5.92 Å². The molecule has 2 aromatic rings. The Morgan fingerprint density at radius 2 is 2.05 bits per heavy atom. The van der Waals surface area contributed by atoms with E-state index in [1.54, 1.807) is 11.7 Å². The van der Waals surface area contributed by atoms with Gasteiger partial charge in [0.2, 0.25) is 0 Å². The number of anilines is 1. The first kappa shape index (κ1) is 14.0. The number of aromatic nitrogens is 5. The molecule has 2 heterocycles. The van der Waals surface area contributed by atoms with Crippen molar-refractivity contribution < 1.29 is 0 Å². The average molecular weight is 278 g/mol. The van der Waals surface area contributed by atoms with Crippen molar-refractivity contribution in [3.63, 3.8) is 0 Å². The Bertz CT molecular complexity index is 690. The van der Waals surface area contributed by atoms with Crippen LogP contribution < -0.4 is 17.0 Å². The summed E-state index contributed by atoms with van der Waals surface area (Å²) in [5.41, 5.74) is 4.70. The van der Waals surface area contributed by atoms with Crippen LogP contribution >= 0.6 is 0 Å². The minimum Gasteiger partial charge on any atom is -0.393 e. The van der Waals surface area contributed by atoms with E-state index in [9.17, 15) is 9.59 Å². The van der Waals surface area contributed by atoms with E-state index in [0.717, 1.165) is 4.57 Å². The molecular weight excluding hydrogens is 260 g/mol. The monoisotopic (exact) mass is 278 g/mol. The Balaban J connectivity index is 2.44. The normalized spacial score (nSPS) is 11.2. The van der Waals surface area contributed by atoms with E-state index < -0.39 is 11.2 Å². The Morgan fingerprint density at radius 3 is 2.70 bits per heavy atom. The van der Waals surface area contributed by atoms with E-state index in [0.29, 0.717) is 18.3 Å². The Labute approximate surface area is 115 Å². The van der Waals surface area contributed by atoms with Crippen molar-refractivity contribution >= 4 is 5.69 Å². The molecule has 0 aromatic carbocycles. The fourth-order valence-corrected chi connectivity index (χ4v) is 1.94. The lowest BCUT2D eigenvalue weighted by Crippen LogP contribution is -2.40. The lowest BCUT2D eigenvalue weighted by molar-refractivity contribution is 0.456. The smallest absolute Gasteiger partial charge is 0.331 e. The highest BCUT2D eigenvalue weighted by Gasteiger charge is 2.12. The van der Waals surface area contributed by atoms with E-state index in [2.05, 4.69) is 23.9 Å². The van der Waals surface area contributed by atoms with Crippen LogP contribution in [0.1, 0.15) is 19.7 Å². The zero-order valence-electron chi connectivity index (χ0n) is 11.8. The third-order valence-corrected chi connectivity index (χ3v) is 2.89. The standard InChI is InChI=1S/C12H18N6O2/c1-8(2)4-18-10(14-7-15-18)6-17-11(19)9(13)5-16(3)12(17)20/h5,7-8H,4,6,13H2,1-3H3. The van der Waals surface area contributed by atoms with Crippen LogP contribution in [0.5, 0.6) is 0 Å². The first-order chi connectivity index (χ1) is 9.40. The van der Waals surface area contributed by atoms with Crippen molar-refractivity contribution in [3.05, 3.63) is 39.2 Å². The summed E-state index contributed by atoms with van der Waals surface area (Å²) in [6.07, 6.45) is 2.74. The Kier molecular flexibility index (Phi) is 3.73. The van der Waals surface area contributed by atoms with E-state index >= 15 is 0 Å². The molecule has 0 unspecified atom stereocenters. The zero-order valence-corrected chi connectivity index (χ0v) is 11.8. The summed E-state index contributed by atoms with van der Waals surface area (Å²) in [5, 5.41) is 4.11. The molecule has 0 radical (unpaired) electrons. The van der Waals surface area contributed by atoms with Crippen LogP contribution in [0.25, 0.3) is 0 Å². The van der Waals surface area contributed by atoms with Crippen LogP contribution in [0.2, 0.25) is 0 Å². The number of nitrogens with two attached hydrogens (primary N) is 1. The first-order valence-corrected chi connectivity index (χ1v) is 6.32. The number of nitrogen functional groups attached to an aromatic ring is 1. The molecule has 2 rings (SSSR count). The number of aryl methyl sites for hydroxylation is 1. The maximum Gasteiger partial charge on any atom is 0.331 e. The highest BCUT2D eigenvalue weighted by atomic mass is 16.2. The SMILES string of the molecule is CC(C)Cn1ncnc1Cn1c(=O)c(N)cn(C)c1=O. The van der Waals surface area contributed by atoms with Gasteiger partial charge in [-0.3, -0.25) is 9.36 Å². The summed E-state index contributed by atoms with van der Waals surface area (Å²) < 4.78 is 4.04. The van der Waals surface area contributed by atoms with Gasteiger partial charge < -0.3 is 10.3 Å². The fraction of sp³-hybridized carbons (Fsp3) is 0.500. The molecule has 0 aliphatic heterocycles. The van der Waals surface area contributed by atoms with Gasteiger partial charge in [0.15, 0.2) is 0 Å². The van der Waals surface area contributed by atoms with Gasteiger partial charge in [-0.15, -0.1) is 0 Å². The summed E-state index contributed by atoms with van der Waals surface area (Å²) in [5.74, 6) is 0.944. The molecule has 0 fully saturated rings. The molecule has 0 amide bonds. The molecule has 20 heavy (non-hydrogen) atoms. The predicted molar refractivity (Wildman–Crippen MR) is 74.3 cm³/mol. The van der Waals surface area contributed by atoms with Crippen molar-refractivity contribution in [1.29, 1.82) is 0 Å². The van der Waals surface area contributed by atoms with Crippen LogP contribution in [-0.2, 0) is 20.1 Å². The number of nitrogens with zero attached hydrogens (tertiary/aromatic N) is 5. The first-order valence-electron chi connectivity index (χ1n) is 6.32. The van der Waals surface area contributed by atoms with Gasteiger partial charge >= 0.3 is 5.69 Å². The average Bonchev–Trinajstić information content (AvgIpc) is 2.78. The van der Waals surface area contributed by atoms with Gasteiger partial charge in [0, 0.05) is 19.8 Å². The molecular formula is C12H18N6O2. The van der Waals surface area contributed by atoms with E-state index in [1.165, 1.54) is 17.1 Å². The minimum absolute atomic E-state index is 0.0297. The summed E-state index contributed by atoms with van der Waals surface area (Å²) in [7, 11) is 1.55. The number of hydrogen-bond acceptors (Lipinski definition) is 5. The predicted octanol–water partition coefficient (Wildman–Crippen LogP) is -0.575. The van der Waals surface area contributed by atoms with Crippen molar-refractivity contribution in [2.45, 2.75) is 26.9 Å². The van der Waals surface area contributed by atoms with E-state index in [4.69, 9.17) is 5.73 Å². The summed E-state index contributed by atoms with van der Waals surface area (Å²) in [4.78, 5) is 28.1. The third kappa shape index (κ3) is 2.63. The van der Waals surface area contributed by atoms with Gasteiger partial charge in [-0.2, -0.15) is 5.10 Å². The largest absolute Gasteiger partial charge is 0.393 e. The zero-order chi connectivity index (χ0) is 14.9. The van der Waals surface area contributed by atoms with Crippen LogP contribution in [0.3, 0.4) is 0 Å². The molecule has 2 N–H and O–H groups in total. The summed E-state index contributed by atoms with van der Waals surface area (Å²) in [6, 6.07) is 0. The second kappa shape index (κ2) is 5.32. The van der Waals surface area contributed by atoms with Gasteiger partial charge in [-0.1, -0.05) is 13.8 Å². The molecule has 108 valence electrons. The maximum atomic E-state index is 12.0. The minimum atomic E-state index is -0.507. The summed E-state index contributed by atoms with van der Waals surface area (Å²) >= 11 is 0. The lowest BCUT2D eigenvalue weighted by Gasteiger charge is -2.10. The topological polar surface area (TPSA) is 101 Å². The van der Waals surface area contributed by atoms with Crippen molar-refractivity contribution in [1.82, 2.24) is 23.9 Å². The third-order valence-electron chi connectivity index (χ3n) is 2.89. The van der Waals surface area contributed by atoms with E-state index in [1.807, 2.05) is 0 Å². The lowest BCUT2D eigenvalue weighted by atomic mass is 10.2. The van der Waals surface area contributed by atoms with Crippen LogP contribution in [0.4, 0.5) is 5.69 Å². The molecule has 2 aromatic heterocycles. The number of hydrogen-bond donors (Lipinski definition) is 1. The quantitative estimate of drug-likeness (QED) is 0.806. The van der Waals surface area contributed by atoms with Crippen LogP contribution in [0, 0.1) is 5.92 Å². The highest BCUT2D eigenvalue weighted by molar-refractivity contribution is 5.31. The molecule has 0 aliphatic rings.